The maximum Gasteiger partial charge on any atom is 0.186 e. The maximum atomic E-state index is 6.69. The Balaban J connectivity index is 1.17. The summed E-state index contributed by atoms with van der Waals surface area (Å²) in [6.07, 6.45) is -2.86. The molecule has 0 amide bonds. The van der Waals surface area contributed by atoms with Gasteiger partial charge in [0.25, 0.3) is 0 Å². The average Bonchev–Trinajstić information content (AvgIpc) is 3.17. The van der Waals surface area contributed by atoms with Crippen LogP contribution in [0.15, 0.2) is 140 Å². The van der Waals surface area contributed by atoms with Gasteiger partial charge >= 0.3 is 0 Å². The first-order valence-corrected chi connectivity index (χ1v) is 17.3. The molecule has 6 rings (SSSR count). The monoisotopic (exact) mass is 693 g/mol. The summed E-state index contributed by atoms with van der Waals surface area (Å²) in [7, 11) is 1.62. The highest BCUT2D eigenvalue weighted by Gasteiger charge is 2.48. The van der Waals surface area contributed by atoms with E-state index in [0.29, 0.717) is 31.5 Å². The molecule has 5 atom stereocenters. The number of ether oxygens (including phenoxy) is 6. The summed E-state index contributed by atoms with van der Waals surface area (Å²) in [5, 5.41) is 4.14. The zero-order valence-corrected chi connectivity index (χ0v) is 29.0. The number of rotatable bonds is 17. The highest BCUT2D eigenvalue weighted by Crippen LogP contribution is 2.31. The predicted molar refractivity (Wildman–Crippen MR) is 196 cm³/mol. The summed E-state index contributed by atoms with van der Waals surface area (Å²) in [4.78, 5) is 0. The van der Waals surface area contributed by atoms with E-state index in [4.69, 9.17) is 40.0 Å². The van der Waals surface area contributed by atoms with Gasteiger partial charge in [-0.1, -0.05) is 127 Å². The van der Waals surface area contributed by atoms with Gasteiger partial charge in [-0.3, -0.25) is 0 Å². The smallest absolute Gasteiger partial charge is 0.186 e. The maximum absolute atomic E-state index is 6.69. The Hall–Kier alpha value is -4.05. The van der Waals surface area contributed by atoms with Crippen LogP contribution in [0, 0.1) is 0 Å². The minimum atomic E-state index is -0.719. The molecule has 1 N–H and O–H groups in total. The standard InChI is InChI=1S/C42H44ClNO6/c1-45-42-41(49-29-35-17-21-36(43)22-18-35)40(48-28-33-15-9-4-10-16-33)39(47-27-32-13-7-3-8-14-32)38(50-42)30-46-26-34-19-23-37(24-20-34)44-25-31-11-5-2-6-12-31/h2-24,38-42,44H,25-30H2,1H3/t38-,39-,40+,41-,42+/m1/s1. The van der Waals surface area contributed by atoms with Crippen LogP contribution in [0.5, 0.6) is 0 Å². The molecule has 7 nitrogen and oxygen atoms in total. The molecule has 1 aliphatic rings. The second kappa shape index (κ2) is 18.8. The van der Waals surface area contributed by atoms with Crippen LogP contribution in [0.3, 0.4) is 0 Å². The van der Waals surface area contributed by atoms with Crippen LogP contribution >= 0.6 is 11.6 Å². The van der Waals surface area contributed by atoms with Gasteiger partial charge in [-0.15, -0.1) is 0 Å². The van der Waals surface area contributed by atoms with E-state index in [1.54, 1.807) is 7.11 Å². The number of hydrogen-bond donors (Lipinski definition) is 1. The van der Waals surface area contributed by atoms with E-state index >= 15 is 0 Å². The quantitative estimate of drug-likeness (QED) is 0.105. The van der Waals surface area contributed by atoms with Crippen LogP contribution in [-0.2, 0) is 61.4 Å². The molecule has 1 fully saturated rings. The fourth-order valence-corrected chi connectivity index (χ4v) is 6.01. The summed E-state index contributed by atoms with van der Waals surface area (Å²) in [6, 6.07) is 46.4. The lowest BCUT2D eigenvalue weighted by molar-refractivity contribution is -0.323. The second-order valence-electron chi connectivity index (χ2n) is 12.3. The van der Waals surface area contributed by atoms with E-state index in [9.17, 15) is 0 Å². The first-order chi connectivity index (χ1) is 24.6. The minimum absolute atomic E-state index is 0.266. The Morgan fingerprint density at radius 2 is 1.02 bits per heavy atom. The lowest BCUT2D eigenvalue weighted by Gasteiger charge is -2.45. The summed E-state index contributed by atoms with van der Waals surface area (Å²) < 4.78 is 38.7. The van der Waals surface area contributed by atoms with Crippen molar-refractivity contribution in [3.63, 3.8) is 0 Å². The Labute approximate surface area is 300 Å². The fourth-order valence-electron chi connectivity index (χ4n) is 5.89. The van der Waals surface area contributed by atoms with Gasteiger partial charge in [0.05, 0.1) is 33.0 Å². The first kappa shape index (κ1) is 35.8. The third-order valence-corrected chi connectivity index (χ3v) is 8.85. The van der Waals surface area contributed by atoms with Crippen molar-refractivity contribution in [2.75, 3.05) is 19.0 Å². The van der Waals surface area contributed by atoms with Crippen molar-refractivity contribution in [2.24, 2.45) is 0 Å². The topological polar surface area (TPSA) is 67.4 Å². The average molecular weight is 694 g/mol. The number of anilines is 1. The van der Waals surface area contributed by atoms with E-state index in [-0.39, 0.29) is 6.61 Å². The zero-order chi connectivity index (χ0) is 34.4. The van der Waals surface area contributed by atoms with Gasteiger partial charge in [-0.25, -0.2) is 0 Å². The second-order valence-corrected chi connectivity index (χ2v) is 12.7. The van der Waals surface area contributed by atoms with Gasteiger partial charge in [0.2, 0.25) is 0 Å². The van der Waals surface area contributed by atoms with Crippen molar-refractivity contribution in [3.05, 3.63) is 172 Å². The molecule has 5 aromatic rings. The first-order valence-electron chi connectivity index (χ1n) is 16.9. The van der Waals surface area contributed by atoms with Crippen LogP contribution in [0.2, 0.25) is 5.02 Å². The molecule has 50 heavy (non-hydrogen) atoms. The van der Waals surface area contributed by atoms with E-state index < -0.39 is 30.7 Å². The summed E-state index contributed by atoms with van der Waals surface area (Å²) in [5.41, 5.74) is 6.39. The van der Waals surface area contributed by atoms with Crippen LogP contribution < -0.4 is 5.32 Å². The van der Waals surface area contributed by atoms with Crippen molar-refractivity contribution in [1.29, 1.82) is 0 Å². The SMILES string of the molecule is CO[C@H]1O[C@H](COCc2ccc(NCc3ccccc3)cc2)[C@@H](OCc2ccccc2)[C@H](OCc2ccccc2)[C@H]1OCc1ccc(Cl)cc1. The molecule has 0 aliphatic carbocycles. The highest BCUT2D eigenvalue weighted by atomic mass is 35.5. The molecular formula is C42H44ClNO6. The molecule has 0 radical (unpaired) electrons. The largest absolute Gasteiger partial charge is 0.381 e. The molecule has 1 saturated heterocycles. The van der Waals surface area contributed by atoms with Crippen molar-refractivity contribution in [3.8, 4) is 0 Å². The molecule has 5 aromatic carbocycles. The lowest BCUT2D eigenvalue weighted by Crippen LogP contribution is -2.61. The molecule has 1 heterocycles. The summed E-state index contributed by atoms with van der Waals surface area (Å²) in [6.45, 7) is 2.50. The minimum Gasteiger partial charge on any atom is -0.381 e. The molecule has 260 valence electrons. The van der Waals surface area contributed by atoms with Gasteiger partial charge in [-0.05, 0) is 52.1 Å². The van der Waals surface area contributed by atoms with E-state index in [1.165, 1.54) is 5.56 Å². The van der Waals surface area contributed by atoms with Crippen LogP contribution in [0.25, 0.3) is 0 Å². The van der Waals surface area contributed by atoms with E-state index in [1.807, 2.05) is 103 Å². The zero-order valence-electron chi connectivity index (χ0n) is 28.2. The van der Waals surface area contributed by atoms with Crippen molar-refractivity contribution in [1.82, 2.24) is 0 Å². The van der Waals surface area contributed by atoms with Crippen LogP contribution in [-0.4, -0.2) is 44.4 Å². The van der Waals surface area contributed by atoms with Gasteiger partial charge in [0.1, 0.15) is 24.4 Å². The van der Waals surface area contributed by atoms with Crippen molar-refractivity contribution < 1.29 is 28.4 Å². The predicted octanol–water partition coefficient (Wildman–Crippen LogP) is 8.60. The Kier molecular flexibility index (Phi) is 13.5. The Morgan fingerprint density at radius 1 is 0.540 bits per heavy atom. The summed E-state index contributed by atoms with van der Waals surface area (Å²) in [5.74, 6) is 0. The molecule has 0 spiro atoms. The summed E-state index contributed by atoms with van der Waals surface area (Å²) >= 11 is 6.14. The van der Waals surface area contributed by atoms with Gasteiger partial charge in [0.15, 0.2) is 6.29 Å². The van der Waals surface area contributed by atoms with Gasteiger partial charge in [-0.2, -0.15) is 0 Å². The molecule has 0 aromatic heterocycles. The lowest BCUT2D eigenvalue weighted by atomic mass is 9.97. The molecular weight excluding hydrogens is 650 g/mol. The van der Waals surface area contributed by atoms with Crippen LogP contribution in [0.4, 0.5) is 5.69 Å². The van der Waals surface area contributed by atoms with E-state index in [0.717, 1.165) is 34.5 Å². The number of methoxy groups -OCH3 is 1. The number of benzene rings is 5. The van der Waals surface area contributed by atoms with Gasteiger partial charge < -0.3 is 33.7 Å². The van der Waals surface area contributed by atoms with Crippen LogP contribution in [0.1, 0.15) is 27.8 Å². The van der Waals surface area contributed by atoms with E-state index in [2.05, 4.69) is 41.7 Å². The number of nitrogens with one attached hydrogen (secondary N) is 1. The molecule has 0 unspecified atom stereocenters. The van der Waals surface area contributed by atoms with Gasteiger partial charge in [0, 0.05) is 24.4 Å². The fraction of sp³-hybridized carbons (Fsp3) is 0.286. The third kappa shape index (κ3) is 10.5. The number of hydrogen-bond acceptors (Lipinski definition) is 7. The Bertz CT molecular complexity index is 1680. The van der Waals surface area contributed by atoms with Crippen molar-refractivity contribution in [2.45, 2.75) is 63.7 Å². The highest BCUT2D eigenvalue weighted by molar-refractivity contribution is 6.30. The molecule has 0 saturated carbocycles. The molecule has 8 heteroatoms. The number of halogens is 1. The normalized spacial score (nSPS) is 20.4. The molecule has 1 aliphatic heterocycles. The molecule has 0 bridgehead atoms. The Morgan fingerprint density at radius 3 is 1.60 bits per heavy atom. The van der Waals surface area contributed by atoms with Crippen molar-refractivity contribution >= 4 is 17.3 Å². The third-order valence-electron chi connectivity index (χ3n) is 8.59.